The fourth-order valence-corrected chi connectivity index (χ4v) is 0.979. The van der Waals surface area contributed by atoms with Gasteiger partial charge in [-0.2, -0.15) is 0 Å². The Labute approximate surface area is 118 Å². The second kappa shape index (κ2) is 5.26. The Morgan fingerprint density at radius 2 is 2.08 bits per heavy atom. The quantitative estimate of drug-likeness (QED) is 0.361. The Bertz CT molecular complexity index is 303. The molecule has 5 heteroatoms. The van der Waals surface area contributed by atoms with Gasteiger partial charge < -0.3 is 10.8 Å². The van der Waals surface area contributed by atoms with Crippen LogP contribution in [-0.2, 0) is 0 Å². The molecule has 0 aliphatic rings. The normalized spacial score (nSPS) is 8.75. The summed E-state index contributed by atoms with van der Waals surface area (Å²) in [5.74, 6) is -1.01. The SMILES string of the molecule is Nc1cccc(C(=O)O)c1S.[KH]. The first-order chi connectivity index (χ1) is 5.13. The molecule has 60 valence electrons. The zero-order valence-electron chi connectivity index (χ0n) is 5.61. The molecule has 0 aliphatic carbocycles. The van der Waals surface area contributed by atoms with Crippen LogP contribution in [0.4, 0.5) is 5.69 Å². The molecule has 0 unspecified atom stereocenters. The van der Waals surface area contributed by atoms with Crippen molar-refractivity contribution in [3.63, 3.8) is 0 Å². The van der Waals surface area contributed by atoms with Crippen molar-refractivity contribution in [2.24, 2.45) is 0 Å². The Hall–Kier alpha value is 0.476. The second-order valence-electron chi connectivity index (χ2n) is 2.05. The first-order valence-electron chi connectivity index (χ1n) is 2.93. The van der Waals surface area contributed by atoms with Crippen LogP contribution in [0.3, 0.4) is 0 Å². The number of carbonyl (C=O) groups is 1. The Morgan fingerprint density at radius 1 is 1.50 bits per heavy atom. The van der Waals surface area contributed by atoms with E-state index < -0.39 is 5.97 Å². The summed E-state index contributed by atoms with van der Waals surface area (Å²) < 4.78 is 0. The molecule has 0 aromatic heterocycles. The molecule has 0 saturated carbocycles. The number of nitrogens with two attached hydrogens (primary N) is 1. The Kier molecular flexibility index (Phi) is 5.47. The molecule has 0 fully saturated rings. The van der Waals surface area contributed by atoms with Crippen molar-refractivity contribution >= 4 is 75.7 Å². The number of carboxylic acids is 1. The number of hydrogen-bond acceptors (Lipinski definition) is 3. The van der Waals surface area contributed by atoms with Crippen LogP contribution in [0.25, 0.3) is 0 Å². The van der Waals surface area contributed by atoms with Gasteiger partial charge in [0, 0.05) is 10.6 Å². The molecular formula is C7H8KNO2S. The number of nitrogen functional groups attached to an aromatic ring is 1. The van der Waals surface area contributed by atoms with Crippen molar-refractivity contribution in [2.75, 3.05) is 5.73 Å². The summed E-state index contributed by atoms with van der Waals surface area (Å²) in [5, 5.41) is 8.59. The number of anilines is 1. The maximum absolute atomic E-state index is 10.5. The molecular weight excluding hydrogens is 201 g/mol. The van der Waals surface area contributed by atoms with Gasteiger partial charge in [-0.25, -0.2) is 4.79 Å². The third-order valence-corrected chi connectivity index (χ3v) is 1.80. The fourth-order valence-electron chi connectivity index (χ4n) is 0.734. The number of benzene rings is 1. The van der Waals surface area contributed by atoms with Crippen molar-refractivity contribution in [1.82, 2.24) is 0 Å². The molecule has 1 rings (SSSR count). The molecule has 0 heterocycles. The summed E-state index contributed by atoms with van der Waals surface area (Å²) in [7, 11) is 0. The van der Waals surface area contributed by atoms with Crippen LogP contribution in [0.2, 0.25) is 0 Å². The van der Waals surface area contributed by atoms with E-state index >= 15 is 0 Å². The van der Waals surface area contributed by atoms with Crippen molar-refractivity contribution in [1.29, 1.82) is 0 Å². The van der Waals surface area contributed by atoms with Gasteiger partial charge in [0.2, 0.25) is 0 Å². The topological polar surface area (TPSA) is 63.3 Å². The van der Waals surface area contributed by atoms with Gasteiger partial charge in [-0.1, -0.05) is 6.07 Å². The van der Waals surface area contributed by atoms with Gasteiger partial charge in [0.05, 0.1) is 5.56 Å². The van der Waals surface area contributed by atoms with E-state index in [1.54, 1.807) is 12.1 Å². The van der Waals surface area contributed by atoms with Gasteiger partial charge in [0.1, 0.15) is 0 Å². The molecule has 0 bridgehead atoms. The van der Waals surface area contributed by atoms with Gasteiger partial charge >= 0.3 is 57.4 Å². The summed E-state index contributed by atoms with van der Waals surface area (Å²) in [4.78, 5) is 10.8. The molecule has 3 nitrogen and oxygen atoms in total. The van der Waals surface area contributed by atoms with Gasteiger partial charge in [-0.3, -0.25) is 0 Å². The van der Waals surface area contributed by atoms with E-state index in [4.69, 9.17) is 10.8 Å². The van der Waals surface area contributed by atoms with E-state index in [0.717, 1.165) is 0 Å². The van der Waals surface area contributed by atoms with Gasteiger partial charge in [0.15, 0.2) is 0 Å². The van der Waals surface area contributed by atoms with Crippen LogP contribution in [0.1, 0.15) is 10.4 Å². The summed E-state index contributed by atoms with van der Waals surface area (Å²) in [6.45, 7) is 0. The minimum absolute atomic E-state index is 0. The van der Waals surface area contributed by atoms with E-state index in [-0.39, 0.29) is 56.9 Å². The second-order valence-corrected chi connectivity index (χ2v) is 2.50. The van der Waals surface area contributed by atoms with E-state index in [1.165, 1.54) is 6.07 Å². The molecule has 3 N–H and O–H groups in total. The maximum atomic E-state index is 10.5. The van der Waals surface area contributed by atoms with Crippen LogP contribution < -0.4 is 5.73 Å². The van der Waals surface area contributed by atoms with Gasteiger partial charge in [-0.15, -0.1) is 12.6 Å². The number of carboxylic acid groups (broad SMARTS) is 1. The number of aromatic carboxylic acids is 1. The first-order valence-corrected chi connectivity index (χ1v) is 3.38. The summed E-state index contributed by atoms with van der Waals surface area (Å²) in [6, 6.07) is 4.65. The molecule has 1 aromatic rings. The van der Waals surface area contributed by atoms with Crippen LogP contribution >= 0.6 is 12.6 Å². The molecule has 0 amide bonds. The van der Waals surface area contributed by atoms with Crippen LogP contribution in [0.15, 0.2) is 23.1 Å². The van der Waals surface area contributed by atoms with E-state index in [1.807, 2.05) is 0 Å². The molecule has 1 aromatic carbocycles. The summed E-state index contributed by atoms with van der Waals surface area (Å²) in [6.07, 6.45) is 0. The van der Waals surface area contributed by atoms with Crippen molar-refractivity contribution in [3.8, 4) is 0 Å². The third kappa shape index (κ3) is 2.76. The predicted molar refractivity (Wildman–Crippen MR) is 52.2 cm³/mol. The monoisotopic (exact) mass is 209 g/mol. The first kappa shape index (κ1) is 12.5. The van der Waals surface area contributed by atoms with Crippen LogP contribution in [0.5, 0.6) is 0 Å². The Morgan fingerprint density at radius 3 is 2.50 bits per heavy atom. The average molecular weight is 209 g/mol. The van der Waals surface area contributed by atoms with Crippen molar-refractivity contribution in [3.05, 3.63) is 23.8 Å². The van der Waals surface area contributed by atoms with E-state index in [0.29, 0.717) is 10.6 Å². The van der Waals surface area contributed by atoms with E-state index in [2.05, 4.69) is 12.6 Å². The fraction of sp³-hybridized carbons (Fsp3) is 0. The molecule has 0 atom stereocenters. The predicted octanol–water partition coefficient (Wildman–Crippen LogP) is 0.607. The molecule has 0 saturated heterocycles. The molecule has 0 radical (unpaired) electrons. The minimum atomic E-state index is -1.01. The summed E-state index contributed by atoms with van der Waals surface area (Å²) >= 11 is 3.94. The Balaban J connectivity index is 0.00000121. The van der Waals surface area contributed by atoms with E-state index in [9.17, 15) is 4.79 Å². The average Bonchev–Trinajstić information content (AvgIpc) is 1.94. The van der Waals surface area contributed by atoms with Gasteiger partial charge in [-0.05, 0) is 12.1 Å². The summed E-state index contributed by atoms with van der Waals surface area (Å²) in [5.41, 5.74) is 5.93. The van der Waals surface area contributed by atoms with Crippen LogP contribution in [-0.4, -0.2) is 62.5 Å². The number of hydrogen-bond donors (Lipinski definition) is 3. The molecule has 0 spiro atoms. The molecule has 0 aliphatic heterocycles. The number of thiol groups is 1. The zero-order chi connectivity index (χ0) is 8.43. The van der Waals surface area contributed by atoms with Crippen molar-refractivity contribution < 1.29 is 9.90 Å². The standard InChI is InChI=1S/C7H7NO2S.K.H/c8-5-3-1-2-4(6(5)11)7(9)10;;/h1-3,11H,8H2,(H,9,10);;. The van der Waals surface area contributed by atoms with Crippen LogP contribution in [0, 0.1) is 0 Å². The van der Waals surface area contributed by atoms with Gasteiger partial charge in [0.25, 0.3) is 0 Å². The van der Waals surface area contributed by atoms with Crippen molar-refractivity contribution in [2.45, 2.75) is 4.90 Å². The number of rotatable bonds is 1. The third-order valence-electron chi connectivity index (χ3n) is 1.30. The molecule has 12 heavy (non-hydrogen) atoms. The zero-order valence-corrected chi connectivity index (χ0v) is 6.51.